The van der Waals surface area contributed by atoms with Crippen molar-refractivity contribution < 1.29 is 19.1 Å². The van der Waals surface area contributed by atoms with Crippen LogP contribution >= 0.6 is 0 Å². The Balaban J connectivity index is 1.69. The standard InChI is InChI=1S/C22H24N4O4/c1-2-12-23-20(27)13-21(28)26-25-15-18-8-10-19(11-9-18)30-16-22(29)24-14-17-6-4-3-5-7-17/h2-11,15H,1,12-14,16H2,(H,23,27)(H,24,29)(H,26,28)/b25-15+. The summed E-state index contributed by atoms with van der Waals surface area (Å²) in [4.78, 5) is 34.8. The first-order chi connectivity index (χ1) is 14.6. The Morgan fingerprint density at radius 1 is 0.933 bits per heavy atom. The molecule has 8 heteroatoms. The zero-order valence-electron chi connectivity index (χ0n) is 16.5. The van der Waals surface area contributed by atoms with Crippen molar-refractivity contribution in [2.75, 3.05) is 13.2 Å². The molecule has 0 saturated heterocycles. The maximum Gasteiger partial charge on any atom is 0.258 e. The summed E-state index contributed by atoms with van der Waals surface area (Å²) in [6, 6.07) is 16.4. The molecule has 0 aromatic heterocycles. The van der Waals surface area contributed by atoms with E-state index in [0.717, 1.165) is 5.56 Å². The molecule has 156 valence electrons. The number of hydrogen-bond acceptors (Lipinski definition) is 5. The number of nitrogens with zero attached hydrogens (tertiary/aromatic N) is 1. The van der Waals surface area contributed by atoms with Gasteiger partial charge >= 0.3 is 0 Å². The lowest BCUT2D eigenvalue weighted by Gasteiger charge is -2.08. The molecule has 0 aliphatic rings. The van der Waals surface area contributed by atoms with E-state index in [1.807, 2.05) is 30.3 Å². The Labute approximate surface area is 175 Å². The lowest BCUT2D eigenvalue weighted by atomic mass is 10.2. The fourth-order valence-electron chi connectivity index (χ4n) is 2.26. The normalized spacial score (nSPS) is 10.3. The molecule has 0 saturated carbocycles. The van der Waals surface area contributed by atoms with Gasteiger partial charge < -0.3 is 15.4 Å². The molecule has 3 amide bonds. The molecule has 2 aromatic rings. The molecule has 0 radical (unpaired) electrons. The highest BCUT2D eigenvalue weighted by Gasteiger charge is 2.07. The predicted molar refractivity (Wildman–Crippen MR) is 114 cm³/mol. The molecule has 0 atom stereocenters. The highest BCUT2D eigenvalue weighted by atomic mass is 16.5. The molecule has 0 aliphatic carbocycles. The van der Waals surface area contributed by atoms with E-state index < -0.39 is 11.8 Å². The Morgan fingerprint density at radius 3 is 2.37 bits per heavy atom. The first kappa shape index (κ1) is 22.4. The highest BCUT2D eigenvalue weighted by molar-refractivity contribution is 5.97. The van der Waals surface area contributed by atoms with E-state index in [9.17, 15) is 14.4 Å². The molecule has 0 fully saturated rings. The molecule has 0 aliphatic heterocycles. The van der Waals surface area contributed by atoms with Crippen molar-refractivity contribution in [1.82, 2.24) is 16.1 Å². The second-order valence-electron chi connectivity index (χ2n) is 6.18. The largest absolute Gasteiger partial charge is 0.484 e. The average molecular weight is 408 g/mol. The summed E-state index contributed by atoms with van der Waals surface area (Å²) < 4.78 is 5.45. The van der Waals surface area contributed by atoms with Gasteiger partial charge in [-0.15, -0.1) is 6.58 Å². The van der Waals surface area contributed by atoms with Crippen molar-refractivity contribution in [1.29, 1.82) is 0 Å². The molecule has 2 rings (SSSR count). The summed E-state index contributed by atoms with van der Waals surface area (Å²) >= 11 is 0. The molecule has 8 nitrogen and oxygen atoms in total. The fraction of sp³-hybridized carbons (Fsp3) is 0.182. The average Bonchev–Trinajstić information content (AvgIpc) is 2.76. The fourth-order valence-corrected chi connectivity index (χ4v) is 2.26. The van der Waals surface area contributed by atoms with Gasteiger partial charge in [0.1, 0.15) is 12.2 Å². The van der Waals surface area contributed by atoms with Crippen LogP contribution in [0.1, 0.15) is 17.5 Å². The topological polar surface area (TPSA) is 109 Å². The number of carbonyl (C=O) groups excluding carboxylic acids is 3. The van der Waals surface area contributed by atoms with Crippen LogP contribution in [0.5, 0.6) is 5.75 Å². The molecular weight excluding hydrogens is 384 g/mol. The van der Waals surface area contributed by atoms with Crippen molar-refractivity contribution in [3.05, 3.63) is 78.4 Å². The number of ether oxygens (including phenoxy) is 1. The lowest BCUT2D eigenvalue weighted by Crippen LogP contribution is -2.29. The van der Waals surface area contributed by atoms with E-state index in [2.05, 4.69) is 27.7 Å². The van der Waals surface area contributed by atoms with Crippen molar-refractivity contribution in [3.63, 3.8) is 0 Å². The zero-order valence-corrected chi connectivity index (χ0v) is 16.5. The number of hydrogen-bond donors (Lipinski definition) is 3. The maximum absolute atomic E-state index is 11.9. The van der Waals surface area contributed by atoms with E-state index in [1.165, 1.54) is 12.3 Å². The van der Waals surface area contributed by atoms with Gasteiger partial charge in [0, 0.05) is 13.1 Å². The quantitative estimate of drug-likeness (QED) is 0.227. The molecule has 0 heterocycles. The second-order valence-corrected chi connectivity index (χ2v) is 6.18. The summed E-state index contributed by atoms with van der Waals surface area (Å²) in [5.41, 5.74) is 4.01. The van der Waals surface area contributed by atoms with Gasteiger partial charge in [0.15, 0.2) is 6.61 Å². The minimum absolute atomic E-state index is 0.0930. The number of benzene rings is 2. The van der Waals surface area contributed by atoms with E-state index in [0.29, 0.717) is 24.4 Å². The van der Waals surface area contributed by atoms with Crippen LogP contribution in [0.3, 0.4) is 0 Å². The van der Waals surface area contributed by atoms with Crippen LogP contribution in [0.25, 0.3) is 0 Å². The van der Waals surface area contributed by atoms with Crippen LogP contribution < -0.4 is 20.8 Å². The summed E-state index contributed by atoms with van der Waals surface area (Å²) in [6.07, 6.45) is 2.65. The Kier molecular flexibility index (Phi) is 9.32. The summed E-state index contributed by atoms with van der Waals surface area (Å²) in [6.45, 7) is 4.13. The second kappa shape index (κ2) is 12.5. The zero-order chi connectivity index (χ0) is 21.6. The van der Waals surface area contributed by atoms with E-state index >= 15 is 0 Å². The number of amides is 3. The van der Waals surface area contributed by atoms with Crippen molar-refractivity contribution in [2.45, 2.75) is 13.0 Å². The Morgan fingerprint density at radius 2 is 1.67 bits per heavy atom. The Bertz CT molecular complexity index is 880. The third-order valence-corrected chi connectivity index (χ3v) is 3.75. The van der Waals surface area contributed by atoms with Crippen molar-refractivity contribution in [3.8, 4) is 5.75 Å². The van der Waals surface area contributed by atoms with Crippen LogP contribution in [0.4, 0.5) is 0 Å². The first-order valence-corrected chi connectivity index (χ1v) is 9.30. The van der Waals surface area contributed by atoms with E-state index in [-0.39, 0.29) is 18.9 Å². The SMILES string of the molecule is C=CCNC(=O)CC(=O)N/N=C/c1ccc(OCC(=O)NCc2ccccc2)cc1. The Hall–Kier alpha value is -3.94. The highest BCUT2D eigenvalue weighted by Crippen LogP contribution is 2.11. The minimum atomic E-state index is -0.519. The van der Waals surface area contributed by atoms with Gasteiger partial charge in [-0.05, 0) is 35.4 Å². The van der Waals surface area contributed by atoms with Gasteiger partial charge in [0.2, 0.25) is 11.8 Å². The summed E-state index contributed by atoms with van der Waals surface area (Å²) in [7, 11) is 0. The molecule has 3 N–H and O–H groups in total. The lowest BCUT2D eigenvalue weighted by molar-refractivity contribution is -0.129. The van der Waals surface area contributed by atoms with Crippen LogP contribution in [0, 0.1) is 0 Å². The molecule has 2 aromatic carbocycles. The van der Waals surface area contributed by atoms with Crippen molar-refractivity contribution >= 4 is 23.9 Å². The third kappa shape index (κ3) is 8.83. The molecule has 0 bridgehead atoms. The summed E-state index contributed by atoms with van der Waals surface area (Å²) in [5.74, 6) is -0.611. The molecule has 0 unspecified atom stereocenters. The number of rotatable bonds is 11. The molecular formula is C22H24N4O4. The van der Waals surface area contributed by atoms with Gasteiger partial charge in [-0.25, -0.2) is 5.43 Å². The smallest absolute Gasteiger partial charge is 0.258 e. The van der Waals surface area contributed by atoms with Gasteiger partial charge in [-0.3, -0.25) is 14.4 Å². The van der Waals surface area contributed by atoms with Gasteiger partial charge in [0.05, 0.1) is 6.21 Å². The van der Waals surface area contributed by atoms with Gasteiger partial charge in [0.25, 0.3) is 5.91 Å². The third-order valence-electron chi connectivity index (χ3n) is 3.75. The minimum Gasteiger partial charge on any atom is -0.484 e. The monoisotopic (exact) mass is 408 g/mol. The summed E-state index contributed by atoms with van der Waals surface area (Å²) in [5, 5.41) is 9.09. The van der Waals surface area contributed by atoms with Crippen LogP contribution in [-0.4, -0.2) is 37.1 Å². The maximum atomic E-state index is 11.9. The van der Waals surface area contributed by atoms with Crippen molar-refractivity contribution in [2.24, 2.45) is 5.10 Å². The number of carbonyl (C=O) groups is 3. The predicted octanol–water partition coefficient (Wildman–Crippen LogP) is 1.52. The van der Waals surface area contributed by atoms with Gasteiger partial charge in [-0.1, -0.05) is 36.4 Å². The number of nitrogens with one attached hydrogen (secondary N) is 3. The van der Waals surface area contributed by atoms with Crippen LogP contribution in [0.2, 0.25) is 0 Å². The van der Waals surface area contributed by atoms with Gasteiger partial charge in [-0.2, -0.15) is 5.10 Å². The molecule has 30 heavy (non-hydrogen) atoms. The van der Waals surface area contributed by atoms with E-state index in [1.54, 1.807) is 24.3 Å². The van der Waals surface area contributed by atoms with Crippen LogP contribution in [-0.2, 0) is 20.9 Å². The number of hydrazone groups is 1. The molecule has 0 spiro atoms. The first-order valence-electron chi connectivity index (χ1n) is 9.30. The van der Waals surface area contributed by atoms with Crippen LogP contribution in [0.15, 0.2) is 72.4 Å². The van der Waals surface area contributed by atoms with E-state index in [4.69, 9.17) is 4.74 Å².